The lowest BCUT2D eigenvalue weighted by Gasteiger charge is -2.08. The molecule has 1 N–H and O–H groups in total. The second-order valence-corrected chi connectivity index (χ2v) is 5.53. The zero-order valence-corrected chi connectivity index (χ0v) is 13.1. The van der Waals surface area contributed by atoms with E-state index in [2.05, 4.69) is 15.0 Å². The summed E-state index contributed by atoms with van der Waals surface area (Å²) in [6, 6.07) is 18.2. The van der Waals surface area contributed by atoms with Gasteiger partial charge in [-0.2, -0.15) is 0 Å². The van der Waals surface area contributed by atoms with Gasteiger partial charge >= 0.3 is 5.97 Å². The van der Waals surface area contributed by atoms with Crippen molar-refractivity contribution in [3.05, 3.63) is 78.6 Å². The van der Waals surface area contributed by atoms with Crippen LogP contribution in [0.2, 0.25) is 0 Å². The SMILES string of the molecule is O=C(O)c1cc(-c2ccc(-c3ncccn3)cc2)nc2ccccc12. The molecule has 0 saturated carbocycles. The maximum atomic E-state index is 11.6. The summed E-state index contributed by atoms with van der Waals surface area (Å²) >= 11 is 0. The maximum absolute atomic E-state index is 11.6. The molecule has 0 fully saturated rings. The third kappa shape index (κ3) is 2.83. The summed E-state index contributed by atoms with van der Waals surface area (Å²) in [4.78, 5) is 24.6. The largest absolute Gasteiger partial charge is 0.478 e. The first-order chi connectivity index (χ1) is 12.2. The van der Waals surface area contributed by atoms with Crippen molar-refractivity contribution in [3.63, 3.8) is 0 Å². The third-order valence-electron chi connectivity index (χ3n) is 3.95. The van der Waals surface area contributed by atoms with Crippen LogP contribution in [-0.2, 0) is 0 Å². The molecule has 25 heavy (non-hydrogen) atoms. The molecule has 2 aromatic carbocycles. The number of aromatic nitrogens is 3. The topological polar surface area (TPSA) is 76.0 Å². The summed E-state index contributed by atoms with van der Waals surface area (Å²) in [5.41, 5.74) is 3.26. The summed E-state index contributed by atoms with van der Waals surface area (Å²) in [6.07, 6.45) is 3.39. The minimum atomic E-state index is -0.964. The predicted molar refractivity (Wildman–Crippen MR) is 95.2 cm³/mol. The van der Waals surface area contributed by atoms with Crippen molar-refractivity contribution in [3.8, 4) is 22.6 Å². The lowest BCUT2D eigenvalue weighted by Crippen LogP contribution is -2.00. The molecule has 0 amide bonds. The highest BCUT2D eigenvalue weighted by Gasteiger charge is 2.12. The Balaban J connectivity index is 1.81. The van der Waals surface area contributed by atoms with Crippen LogP contribution in [0.5, 0.6) is 0 Å². The first kappa shape index (κ1) is 15.0. The quantitative estimate of drug-likeness (QED) is 0.614. The minimum absolute atomic E-state index is 0.246. The molecule has 0 aliphatic heterocycles. The molecule has 0 spiro atoms. The van der Waals surface area contributed by atoms with Crippen molar-refractivity contribution >= 4 is 16.9 Å². The Kier molecular flexibility index (Phi) is 3.67. The molecule has 4 aromatic rings. The highest BCUT2D eigenvalue weighted by Crippen LogP contribution is 2.26. The van der Waals surface area contributed by atoms with E-state index >= 15 is 0 Å². The maximum Gasteiger partial charge on any atom is 0.336 e. The number of hydrogen-bond donors (Lipinski definition) is 1. The summed E-state index contributed by atoms with van der Waals surface area (Å²) < 4.78 is 0. The van der Waals surface area contributed by atoms with Crippen LogP contribution in [0.3, 0.4) is 0 Å². The molecule has 0 saturated heterocycles. The van der Waals surface area contributed by atoms with Gasteiger partial charge in [0.15, 0.2) is 5.82 Å². The van der Waals surface area contributed by atoms with Gasteiger partial charge in [0.1, 0.15) is 0 Å². The number of benzene rings is 2. The summed E-state index contributed by atoms with van der Waals surface area (Å²) in [5, 5.41) is 10.1. The number of aromatic carboxylic acids is 1. The average Bonchev–Trinajstić information content (AvgIpc) is 2.68. The number of hydrogen-bond acceptors (Lipinski definition) is 4. The van der Waals surface area contributed by atoms with Crippen LogP contribution in [0.4, 0.5) is 0 Å². The molecular weight excluding hydrogens is 314 g/mol. The van der Waals surface area contributed by atoms with Crippen molar-refractivity contribution in [1.82, 2.24) is 15.0 Å². The normalized spacial score (nSPS) is 10.7. The molecule has 2 heterocycles. The number of pyridine rings is 1. The second-order valence-electron chi connectivity index (χ2n) is 5.53. The van der Waals surface area contributed by atoms with E-state index in [1.54, 1.807) is 30.6 Å². The molecule has 0 aliphatic carbocycles. The van der Waals surface area contributed by atoms with E-state index in [-0.39, 0.29) is 5.56 Å². The lowest BCUT2D eigenvalue weighted by molar-refractivity contribution is 0.0699. The standard InChI is InChI=1S/C20H13N3O2/c24-20(25)16-12-18(23-17-5-2-1-4-15(16)17)13-6-8-14(9-7-13)19-21-10-3-11-22-19/h1-12H,(H,24,25). The molecule has 120 valence electrons. The van der Waals surface area contributed by atoms with Crippen LogP contribution in [0.1, 0.15) is 10.4 Å². The fourth-order valence-corrected chi connectivity index (χ4v) is 2.74. The predicted octanol–water partition coefficient (Wildman–Crippen LogP) is 4.06. The van der Waals surface area contributed by atoms with Gasteiger partial charge in [-0.3, -0.25) is 0 Å². The number of fused-ring (bicyclic) bond motifs is 1. The zero-order valence-electron chi connectivity index (χ0n) is 13.1. The molecule has 0 aliphatic rings. The van der Waals surface area contributed by atoms with Crippen LogP contribution in [0, 0.1) is 0 Å². The molecule has 2 aromatic heterocycles. The van der Waals surface area contributed by atoms with Gasteiger partial charge in [0.2, 0.25) is 0 Å². The zero-order chi connectivity index (χ0) is 17.2. The Hall–Kier alpha value is -3.60. The van der Waals surface area contributed by atoms with E-state index in [0.717, 1.165) is 11.1 Å². The van der Waals surface area contributed by atoms with Gasteiger partial charge in [0.05, 0.1) is 16.8 Å². The fourth-order valence-electron chi connectivity index (χ4n) is 2.74. The highest BCUT2D eigenvalue weighted by molar-refractivity contribution is 6.03. The molecule has 0 bridgehead atoms. The van der Waals surface area contributed by atoms with Crippen LogP contribution < -0.4 is 0 Å². The van der Waals surface area contributed by atoms with Gasteiger partial charge in [-0.15, -0.1) is 0 Å². The van der Waals surface area contributed by atoms with Gasteiger partial charge in [0, 0.05) is 28.9 Å². The van der Waals surface area contributed by atoms with Crippen molar-refractivity contribution < 1.29 is 9.90 Å². The number of rotatable bonds is 3. The summed E-state index contributed by atoms with van der Waals surface area (Å²) in [6.45, 7) is 0. The van der Waals surface area contributed by atoms with Crippen LogP contribution in [0.25, 0.3) is 33.5 Å². The van der Waals surface area contributed by atoms with Gasteiger partial charge < -0.3 is 5.11 Å². The number of nitrogens with zero attached hydrogens (tertiary/aromatic N) is 3. The summed E-state index contributed by atoms with van der Waals surface area (Å²) in [5.74, 6) is -0.319. The van der Waals surface area contributed by atoms with E-state index in [1.807, 2.05) is 42.5 Å². The molecule has 5 heteroatoms. The fraction of sp³-hybridized carbons (Fsp3) is 0. The number of carboxylic acids is 1. The lowest BCUT2D eigenvalue weighted by atomic mass is 10.0. The molecule has 5 nitrogen and oxygen atoms in total. The van der Waals surface area contributed by atoms with Crippen LogP contribution in [0.15, 0.2) is 73.1 Å². The van der Waals surface area contributed by atoms with E-state index in [1.165, 1.54) is 0 Å². The Morgan fingerprint density at radius 1 is 0.840 bits per heavy atom. The monoisotopic (exact) mass is 327 g/mol. The van der Waals surface area contributed by atoms with Crippen LogP contribution in [-0.4, -0.2) is 26.0 Å². The molecular formula is C20H13N3O2. The van der Waals surface area contributed by atoms with E-state index < -0.39 is 5.97 Å². The Morgan fingerprint density at radius 2 is 1.52 bits per heavy atom. The first-order valence-corrected chi connectivity index (χ1v) is 7.73. The van der Waals surface area contributed by atoms with Crippen molar-refractivity contribution in [2.75, 3.05) is 0 Å². The van der Waals surface area contributed by atoms with E-state index in [4.69, 9.17) is 0 Å². The summed E-state index contributed by atoms with van der Waals surface area (Å²) in [7, 11) is 0. The first-order valence-electron chi connectivity index (χ1n) is 7.73. The Labute approximate surface area is 143 Å². The molecule has 4 rings (SSSR count). The Morgan fingerprint density at radius 3 is 2.24 bits per heavy atom. The van der Waals surface area contributed by atoms with Gasteiger partial charge in [0.25, 0.3) is 0 Å². The highest BCUT2D eigenvalue weighted by atomic mass is 16.4. The van der Waals surface area contributed by atoms with E-state index in [0.29, 0.717) is 22.4 Å². The Bertz CT molecular complexity index is 1060. The van der Waals surface area contributed by atoms with Crippen LogP contribution >= 0.6 is 0 Å². The van der Waals surface area contributed by atoms with Crippen molar-refractivity contribution in [1.29, 1.82) is 0 Å². The van der Waals surface area contributed by atoms with Gasteiger partial charge in [-0.25, -0.2) is 19.7 Å². The van der Waals surface area contributed by atoms with Gasteiger partial charge in [-0.1, -0.05) is 42.5 Å². The number of carboxylic acid groups (broad SMARTS) is 1. The van der Waals surface area contributed by atoms with Crippen molar-refractivity contribution in [2.45, 2.75) is 0 Å². The molecule has 0 atom stereocenters. The minimum Gasteiger partial charge on any atom is -0.478 e. The van der Waals surface area contributed by atoms with Crippen molar-refractivity contribution in [2.24, 2.45) is 0 Å². The molecule has 0 radical (unpaired) electrons. The second kappa shape index (κ2) is 6.13. The molecule has 0 unspecified atom stereocenters. The third-order valence-corrected chi connectivity index (χ3v) is 3.95. The number of carbonyl (C=O) groups is 1. The van der Waals surface area contributed by atoms with Gasteiger partial charge in [-0.05, 0) is 18.2 Å². The average molecular weight is 327 g/mol. The smallest absolute Gasteiger partial charge is 0.336 e. The van der Waals surface area contributed by atoms with E-state index in [9.17, 15) is 9.90 Å². The number of para-hydroxylation sites is 1.